The summed E-state index contributed by atoms with van der Waals surface area (Å²) in [4.78, 5) is 2.11. The molecule has 2 radical (unpaired) electrons. The molecule has 0 aliphatic carbocycles. The quantitative estimate of drug-likeness (QED) is 0.430. The third-order valence-electron chi connectivity index (χ3n) is 1.93. The third kappa shape index (κ3) is 0.797. The highest BCUT2D eigenvalue weighted by atomic mass is 15.1. The molecule has 10 heavy (non-hydrogen) atoms. The van der Waals surface area contributed by atoms with Gasteiger partial charge in [0.2, 0.25) is 0 Å². The van der Waals surface area contributed by atoms with E-state index in [0.29, 0.717) is 5.92 Å². The maximum atomic E-state index is 3.31. The van der Waals surface area contributed by atoms with Crippen molar-refractivity contribution >= 4 is 6.21 Å². The lowest BCUT2D eigenvalue weighted by molar-refractivity contribution is -0.414. The van der Waals surface area contributed by atoms with Crippen molar-refractivity contribution in [2.24, 2.45) is 5.92 Å². The molecule has 1 atom stereocenters. The Morgan fingerprint density at radius 2 is 2.60 bits per heavy atom. The average molecular weight is 135 g/mol. The molecule has 0 N–H and O–H groups in total. The van der Waals surface area contributed by atoms with Crippen LogP contribution >= 0.6 is 0 Å². The zero-order valence-corrected chi connectivity index (χ0v) is 6.33. The van der Waals surface area contributed by atoms with Gasteiger partial charge < -0.3 is 0 Å². The second-order valence-electron chi connectivity index (χ2n) is 2.98. The molecule has 0 aromatic carbocycles. The fourth-order valence-corrected chi connectivity index (χ4v) is 1.53. The smallest absolute Gasteiger partial charge is 0.169 e. The maximum absolute atomic E-state index is 3.31. The zero-order chi connectivity index (χ0) is 7.14. The highest BCUT2D eigenvalue weighted by molar-refractivity contribution is 5.66. The summed E-state index contributed by atoms with van der Waals surface area (Å²) < 4.78 is 2.11. The number of likely N-dealkylation sites (N-methyl/N-ethyl adjacent to an activating group) is 1. The Balaban J connectivity index is 2.22. The second kappa shape index (κ2) is 1.92. The van der Waals surface area contributed by atoms with Crippen molar-refractivity contribution in [3.8, 4) is 0 Å². The number of fused-ring (bicyclic) bond motifs is 1. The van der Waals surface area contributed by atoms with Crippen molar-refractivity contribution in [1.82, 2.24) is 4.90 Å². The SMILES string of the molecule is CN1[C]C2C=[N+](C)C=C2C1. The van der Waals surface area contributed by atoms with Crippen LogP contribution in [0.5, 0.6) is 0 Å². The normalized spacial score (nSPS) is 32.0. The van der Waals surface area contributed by atoms with Crippen LogP contribution in [0.25, 0.3) is 0 Å². The van der Waals surface area contributed by atoms with E-state index in [2.05, 4.69) is 42.5 Å². The molecule has 52 valence electrons. The summed E-state index contributed by atoms with van der Waals surface area (Å²) in [5.41, 5.74) is 1.46. The van der Waals surface area contributed by atoms with Gasteiger partial charge in [0.05, 0.1) is 12.5 Å². The van der Waals surface area contributed by atoms with Crippen molar-refractivity contribution in [3.05, 3.63) is 18.3 Å². The van der Waals surface area contributed by atoms with E-state index in [4.69, 9.17) is 0 Å². The van der Waals surface area contributed by atoms with Crippen molar-refractivity contribution in [3.63, 3.8) is 0 Å². The van der Waals surface area contributed by atoms with Crippen molar-refractivity contribution in [2.45, 2.75) is 0 Å². The van der Waals surface area contributed by atoms with Crippen LogP contribution in [0.1, 0.15) is 0 Å². The molecule has 1 saturated heterocycles. The lowest BCUT2D eigenvalue weighted by Crippen LogP contribution is -2.10. The fourth-order valence-electron chi connectivity index (χ4n) is 1.53. The Labute approximate surface area is 61.5 Å². The molecule has 2 aliphatic rings. The Kier molecular flexibility index (Phi) is 1.17. The van der Waals surface area contributed by atoms with Crippen molar-refractivity contribution in [1.29, 1.82) is 0 Å². The standard InChI is InChI=1S/C8H11N2/c1-9-3-7-5-10(2)6-8(7)4-9/h3-4,8H,5H2,1-2H3/q+1. The molecule has 0 spiro atoms. The molecule has 1 fully saturated rings. The largest absolute Gasteiger partial charge is 0.292 e. The molecular formula is C8H11N2+. The van der Waals surface area contributed by atoms with Gasteiger partial charge in [0.25, 0.3) is 0 Å². The van der Waals surface area contributed by atoms with Gasteiger partial charge in [-0.15, -0.1) is 0 Å². The summed E-state index contributed by atoms with van der Waals surface area (Å²) in [6.07, 6.45) is 4.36. The van der Waals surface area contributed by atoms with Gasteiger partial charge >= 0.3 is 0 Å². The van der Waals surface area contributed by atoms with E-state index in [1.54, 1.807) is 0 Å². The Hall–Kier alpha value is -0.630. The van der Waals surface area contributed by atoms with E-state index in [1.807, 2.05) is 0 Å². The van der Waals surface area contributed by atoms with Gasteiger partial charge in [0, 0.05) is 12.1 Å². The predicted molar refractivity (Wildman–Crippen MR) is 39.7 cm³/mol. The van der Waals surface area contributed by atoms with Crippen molar-refractivity contribution < 1.29 is 4.58 Å². The summed E-state index contributed by atoms with van der Waals surface area (Å²) >= 11 is 0. The van der Waals surface area contributed by atoms with Crippen LogP contribution in [0.15, 0.2) is 11.8 Å². The number of hydrogen-bond acceptors (Lipinski definition) is 1. The maximum Gasteiger partial charge on any atom is 0.169 e. The lowest BCUT2D eigenvalue weighted by Gasteiger charge is -2.01. The minimum atomic E-state index is 0.468. The average Bonchev–Trinajstić information content (AvgIpc) is 2.21. The molecule has 2 aliphatic heterocycles. The summed E-state index contributed by atoms with van der Waals surface area (Å²) in [6.45, 7) is 4.36. The number of hydrogen-bond donors (Lipinski definition) is 0. The van der Waals surface area contributed by atoms with Crippen LogP contribution in [0.4, 0.5) is 0 Å². The van der Waals surface area contributed by atoms with Crippen LogP contribution in [-0.4, -0.2) is 36.3 Å². The molecule has 2 nitrogen and oxygen atoms in total. The molecule has 0 saturated carbocycles. The van der Waals surface area contributed by atoms with E-state index in [9.17, 15) is 0 Å². The molecule has 0 bridgehead atoms. The summed E-state index contributed by atoms with van der Waals surface area (Å²) in [5.74, 6) is 0.468. The first-order chi connectivity index (χ1) is 4.75. The van der Waals surface area contributed by atoms with E-state index in [-0.39, 0.29) is 0 Å². The van der Waals surface area contributed by atoms with Crippen LogP contribution in [0, 0.1) is 12.5 Å². The summed E-state index contributed by atoms with van der Waals surface area (Å²) in [7, 11) is 4.12. The molecule has 2 heterocycles. The van der Waals surface area contributed by atoms with Gasteiger partial charge in [-0.1, -0.05) is 0 Å². The first kappa shape index (κ1) is 6.10. The van der Waals surface area contributed by atoms with Gasteiger partial charge in [-0.2, -0.15) is 0 Å². The van der Waals surface area contributed by atoms with E-state index >= 15 is 0 Å². The van der Waals surface area contributed by atoms with Gasteiger partial charge in [0.15, 0.2) is 12.4 Å². The third-order valence-corrected chi connectivity index (χ3v) is 1.93. The summed E-state index contributed by atoms with van der Waals surface area (Å²) in [6, 6.07) is 0. The number of nitrogens with zero attached hydrogens (tertiary/aromatic N) is 2. The Morgan fingerprint density at radius 1 is 1.80 bits per heavy atom. The molecule has 0 aromatic rings. The van der Waals surface area contributed by atoms with E-state index in [0.717, 1.165) is 6.54 Å². The van der Waals surface area contributed by atoms with E-state index in [1.165, 1.54) is 5.57 Å². The minimum absolute atomic E-state index is 0.468. The topological polar surface area (TPSA) is 6.25 Å². The predicted octanol–water partition coefficient (Wildman–Crippen LogP) is 0.197. The van der Waals surface area contributed by atoms with Crippen LogP contribution in [0.3, 0.4) is 0 Å². The highest BCUT2D eigenvalue weighted by Gasteiger charge is 2.32. The van der Waals surface area contributed by atoms with Gasteiger partial charge in [0.1, 0.15) is 7.05 Å². The molecular weight excluding hydrogens is 124 g/mol. The minimum Gasteiger partial charge on any atom is -0.292 e. The fraction of sp³-hybridized carbons (Fsp3) is 0.500. The zero-order valence-electron chi connectivity index (χ0n) is 6.33. The van der Waals surface area contributed by atoms with Gasteiger partial charge in [-0.25, -0.2) is 4.58 Å². The first-order valence-electron chi connectivity index (χ1n) is 3.50. The Bertz CT molecular complexity index is 215. The molecule has 0 aromatic heterocycles. The van der Waals surface area contributed by atoms with E-state index < -0.39 is 0 Å². The number of rotatable bonds is 0. The van der Waals surface area contributed by atoms with Gasteiger partial charge in [-0.3, -0.25) is 4.90 Å². The second-order valence-corrected chi connectivity index (χ2v) is 2.98. The number of likely N-dealkylation sites (tertiary alicyclic amines) is 1. The summed E-state index contributed by atoms with van der Waals surface area (Å²) in [5, 5.41) is 0. The Morgan fingerprint density at radius 3 is 3.30 bits per heavy atom. The van der Waals surface area contributed by atoms with Crippen LogP contribution in [0.2, 0.25) is 0 Å². The molecule has 0 amide bonds. The molecule has 2 heteroatoms. The highest BCUT2D eigenvalue weighted by Crippen LogP contribution is 2.25. The lowest BCUT2D eigenvalue weighted by atomic mass is 10.1. The first-order valence-corrected chi connectivity index (χ1v) is 3.50. The molecule has 2 rings (SSSR count). The van der Waals surface area contributed by atoms with Crippen LogP contribution in [-0.2, 0) is 0 Å². The monoisotopic (exact) mass is 135 g/mol. The molecule has 1 unspecified atom stereocenters. The van der Waals surface area contributed by atoms with Gasteiger partial charge in [-0.05, 0) is 7.05 Å². The van der Waals surface area contributed by atoms with Crippen LogP contribution < -0.4 is 0 Å². The van der Waals surface area contributed by atoms with Crippen molar-refractivity contribution in [2.75, 3.05) is 20.6 Å².